The van der Waals surface area contributed by atoms with Crippen LogP contribution in [0.5, 0.6) is 0 Å². The zero-order chi connectivity index (χ0) is 17.3. The summed E-state index contributed by atoms with van der Waals surface area (Å²) in [5, 5.41) is 0. The van der Waals surface area contributed by atoms with Gasteiger partial charge >= 0.3 is 0 Å². The lowest BCUT2D eigenvalue weighted by molar-refractivity contribution is -0.116. The van der Waals surface area contributed by atoms with Crippen molar-refractivity contribution >= 4 is 31.5 Å². The monoisotopic (exact) mass is 360 g/mol. The van der Waals surface area contributed by atoms with E-state index in [9.17, 15) is 21.6 Å². The van der Waals surface area contributed by atoms with Crippen LogP contribution in [0.15, 0.2) is 23.1 Å². The van der Waals surface area contributed by atoms with E-state index < -0.39 is 19.9 Å². The van der Waals surface area contributed by atoms with E-state index in [0.717, 1.165) is 23.9 Å². The fourth-order valence-electron chi connectivity index (χ4n) is 2.51. The van der Waals surface area contributed by atoms with Crippen molar-refractivity contribution in [2.75, 3.05) is 30.0 Å². The maximum atomic E-state index is 12.2. The molecular weight excluding hydrogens is 340 g/mol. The molecule has 23 heavy (non-hydrogen) atoms. The molecule has 0 bridgehead atoms. The highest BCUT2D eigenvalue weighted by Gasteiger charge is 2.23. The van der Waals surface area contributed by atoms with Crippen LogP contribution in [0.3, 0.4) is 0 Å². The molecule has 1 amide bonds. The Balaban J connectivity index is 2.22. The summed E-state index contributed by atoms with van der Waals surface area (Å²) in [6.07, 6.45) is 2.53. The maximum Gasteiger partial charge on any atom is 0.240 e. The molecule has 0 unspecified atom stereocenters. The third-order valence-electron chi connectivity index (χ3n) is 3.62. The molecule has 1 aliphatic rings. The van der Waals surface area contributed by atoms with Crippen molar-refractivity contribution in [3.8, 4) is 0 Å². The molecule has 0 spiro atoms. The third-order valence-corrected chi connectivity index (χ3v) is 6.03. The van der Waals surface area contributed by atoms with Crippen LogP contribution in [-0.2, 0) is 31.1 Å². The number of benzene rings is 1. The van der Waals surface area contributed by atoms with Crippen molar-refractivity contribution in [2.24, 2.45) is 0 Å². The Labute approximate surface area is 136 Å². The first kappa shape index (κ1) is 17.9. The Morgan fingerprint density at radius 2 is 1.96 bits per heavy atom. The van der Waals surface area contributed by atoms with E-state index in [1.165, 1.54) is 13.0 Å². The number of fused-ring (bicyclic) bond motifs is 1. The number of nitrogens with one attached hydrogen (secondary N) is 1. The predicted molar refractivity (Wildman–Crippen MR) is 87.7 cm³/mol. The van der Waals surface area contributed by atoms with Crippen LogP contribution in [0.1, 0.15) is 18.9 Å². The molecule has 0 fully saturated rings. The van der Waals surface area contributed by atoms with Crippen LogP contribution in [0.25, 0.3) is 0 Å². The highest BCUT2D eigenvalue weighted by molar-refractivity contribution is 7.91. The number of rotatable bonds is 5. The number of anilines is 1. The second-order valence-electron chi connectivity index (χ2n) is 5.59. The standard InChI is InChI=1S/C14H20N2O5S2/c1-11(17)16-8-3-4-12-10-13(5-6-14(12)16)23(20,21)15-7-9-22(2,18)19/h5-6,10,15H,3-4,7-9H2,1-2H3. The maximum absolute atomic E-state index is 12.2. The van der Waals surface area contributed by atoms with Gasteiger partial charge in [0, 0.05) is 32.0 Å². The molecule has 1 heterocycles. The van der Waals surface area contributed by atoms with E-state index in [4.69, 9.17) is 0 Å². The summed E-state index contributed by atoms with van der Waals surface area (Å²) in [6, 6.07) is 4.61. The first-order valence-corrected chi connectivity index (χ1v) is 10.7. The molecule has 1 aromatic rings. The SMILES string of the molecule is CC(=O)N1CCCc2cc(S(=O)(=O)NCCS(C)(=O)=O)ccc21. The van der Waals surface area contributed by atoms with Gasteiger partial charge in [-0.15, -0.1) is 0 Å². The Kier molecular flexibility index (Phi) is 5.12. The molecule has 7 nitrogen and oxygen atoms in total. The van der Waals surface area contributed by atoms with Gasteiger partial charge in [-0.1, -0.05) is 0 Å². The molecule has 128 valence electrons. The third kappa shape index (κ3) is 4.52. The number of aryl methyl sites for hydroxylation is 1. The Hall–Kier alpha value is -1.45. The second kappa shape index (κ2) is 6.58. The molecule has 2 rings (SSSR count). The fourth-order valence-corrected chi connectivity index (χ4v) is 4.20. The summed E-state index contributed by atoms with van der Waals surface area (Å²) in [4.78, 5) is 13.3. The summed E-state index contributed by atoms with van der Waals surface area (Å²) >= 11 is 0. The number of sulfonamides is 1. The number of sulfone groups is 1. The lowest BCUT2D eigenvalue weighted by Gasteiger charge is -2.28. The van der Waals surface area contributed by atoms with E-state index in [-0.39, 0.29) is 23.1 Å². The molecule has 1 aromatic carbocycles. The van der Waals surface area contributed by atoms with Crippen LogP contribution < -0.4 is 9.62 Å². The van der Waals surface area contributed by atoms with Gasteiger partial charge in [0.05, 0.1) is 10.6 Å². The van der Waals surface area contributed by atoms with Crippen LogP contribution in [0.2, 0.25) is 0 Å². The summed E-state index contributed by atoms with van der Waals surface area (Å²) < 4.78 is 48.9. The molecule has 1 N–H and O–H groups in total. The minimum atomic E-state index is -3.77. The van der Waals surface area contributed by atoms with Crippen LogP contribution in [-0.4, -0.2) is 47.8 Å². The van der Waals surface area contributed by atoms with Gasteiger partial charge in [-0.3, -0.25) is 4.79 Å². The number of hydrogen-bond donors (Lipinski definition) is 1. The van der Waals surface area contributed by atoms with Crippen LogP contribution in [0.4, 0.5) is 5.69 Å². The molecular formula is C14H20N2O5S2. The van der Waals surface area contributed by atoms with Gasteiger partial charge in [0.15, 0.2) is 0 Å². The lowest BCUT2D eigenvalue weighted by atomic mass is 10.0. The average molecular weight is 360 g/mol. The molecule has 1 aliphatic heterocycles. The van der Waals surface area contributed by atoms with Gasteiger partial charge in [-0.25, -0.2) is 21.6 Å². The van der Waals surface area contributed by atoms with Gasteiger partial charge in [-0.2, -0.15) is 0 Å². The first-order chi connectivity index (χ1) is 10.6. The molecule has 0 saturated heterocycles. The van der Waals surface area contributed by atoms with E-state index >= 15 is 0 Å². The molecule has 0 atom stereocenters. The number of amides is 1. The number of carbonyl (C=O) groups excluding carboxylic acids is 1. The van der Waals surface area contributed by atoms with Crippen molar-refractivity contribution in [1.82, 2.24) is 4.72 Å². The predicted octanol–water partition coefficient (Wildman–Crippen LogP) is 0.309. The fraction of sp³-hybridized carbons (Fsp3) is 0.500. The molecule has 9 heteroatoms. The van der Waals surface area contributed by atoms with Gasteiger partial charge < -0.3 is 4.90 Å². The molecule has 0 radical (unpaired) electrons. The summed E-state index contributed by atoms with van der Waals surface area (Å²) in [5.41, 5.74) is 1.54. The Morgan fingerprint density at radius 1 is 1.26 bits per heavy atom. The average Bonchev–Trinajstić information content (AvgIpc) is 2.44. The topological polar surface area (TPSA) is 101 Å². The van der Waals surface area contributed by atoms with E-state index in [1.807, 2.05) is 0 Å². The van der Waals surface area contributed by atoms with Gasteiger partial charge in [-0.05, 0) is 36.6 Å². The van der Waals surface area contributed by atoms with Crippen molar-refractivity contribution in [3.05, 3.63) is 23.8 Å². The number of hydrogen-bond acceptors (Lipinski definition) is 5. The van der Waals surface area contributed by atoms with Gasteiger partial charge in [0.1, 0.15) is 9.84 Å². The largest absolute Gasteiger partial charge is 0.312 e. The highest BCUT2D eigenvalue weighted by Crippen LogP contribution is 2.29. The minimum absolute atomic E-state index is 0.0761. The summed E-state index contributed by atoms with van der Waals surface area (Å²) in [7, 11) is -7.00. The van der Waals surface area contributed by atoms with Crippen LogP contribution in [0, 0.1) is 0 Å². The highest BCUT2D eigenvalue weighted by atomic mass is 32.2. The van der Waals surface area contributed by atoms with Crippen molar-refractivity contribution in [3.63, 3.8) is 0 Å². The number of nitrogens with zero attached hydrogens (tertiary/aromatic N) is 1. The van der Waals surface area contributed by atoms with Gasteiger partial charge in [0.2, 0.25) is 15.9 Å². The normalized spacial score (nSPS) is 15.3. The second-order valence-corrected chi connectivity index (χ2v) is 9.62. The number of carbonyl (C=O) groups is 1. The smallest absolute Gasteiger partial charge is 0.240 e. The molecule has 0 aliphatic carbocycles. The minimum Gasteiger partial charge on any atom is -0.312 e. The Morgan fingerprint density at radius 3 is 2.57 bits per heavy atom. The molecule has 0 saturated carbocycles. The van der Waals surface area contributed by atoms with E-state index in [2.05, 4.69) is 4.72 Å². The molecule has 0 aromatic heterocycles. The van der Waals surface area contributed by atoms with Crippen molar-refractivity contribution < 1.29 is 21.6 Å². The Bertz CT molecular complexity index is 816. The summed E-state index contributed by atoms with van der Waals surface area (Å²) in [6.45, 7) is 1.94. The van der Waals surface area contributed by atoms with Crippen LogP contribution >= 0.6 is 0 Å². The summed E-state index contributed by atoms with van der Waals surface area (Å²) in [5.74, 6) is -0.331. The van der Waals surface area contributed by atoms with Crippen molar-refractivity contribution in [2.45, 2.75) is 24.7 Å². The zero-order valence-corrected chi connectivity index (χ0v) is 14.7. The lowest BCUT2D eigenvalue weighted by Crippen LogP contribution is -2.34. The van der Waals surface area contributed by atoms with E-state index in [1.54, 1.807) is 17.0 Å². The zero-order valence-electron chi connectivity index (χ0n) is 13.1. The quantitative estimate of drug-likeness (QED) is 0.814. The first-order valence-electron chi connectivity index (χ1n) is 7.18. The van der Waals surface area contributed by atoms with Crippen molar-refractivity contribution in [1.29, 1.82) is 0 Å². The van der Waals surface area contributed by atoms with Gasteiger partial charge in [0.25, 0.3) is 0 Å². The van der Waals surface area contributed by atoms with E-state index in [0.29, 0.717) is 13.0 Å².